The molecule has 1 saturated carbocycles. The van der Waals surface area contributed by atoms with Crippen LogP contribution in [0.5, 0.6) is 0 Å². The van der Waals surface area contributed by atoms with Gasteiger partial charge in [0.25, 0.3) is 0 Å². The van der Waals surface area contributed by atoms with Crippen LogP contribution in [-0.4, -0.2) is 8.32 Å². The van der Waals surface area contributed by atoms with Gasteiger partial charge in [-0.2, -0.15) is 0 Å². The number of hydrogen-bond acceptors (Lipinski definition) is 1. The second kappa shape index (κ2) is 4.06. The third-order valence-electron chi connectivity index (χ3n) is 5.33. The molecular weight excluding hydrogens is 248 g/mol. The van der Waals surface area contributed by atoms with Crippen molar-refractivity contribution in [1.82, 2.24) is 0 Å². The van der Waals surface area contributed by atoms with E-state index in [2.05, 4.69) is 49.5 Å². The third kappa shape index (κ3) is 1.84. The summed E-state index contributed by atoms with van der Waals surface area (Å²) in [7, 11) is -1.63. The largest absolute Gasteiger partial charge is 0.406 e. The summed E-state index contributed by atoms with van der Waals surface area (Å²) in [6.07, 6.45) is 9.30. The summed E-state index contributed by atoms with van der Waals surface area (Å²) in [5.41, 5.74) is 1.49. The van der Waals surface area contributed by atoms with Crippen LogP contribution in [-0.2, 0) is 4.43 Å². The minimum atomic E-state index is -1.63. The molecule has 0 aromatic heterocycles. The Morgan fingerprint density at radius 3 is 2.74 bits per heavy atom. The van der Waals surface area contributed by atoms with Crippen LogP contribution in [0.2, 0.25) is 13.1 Å². The normalized spacial score (nSPS) is 37.8. The van der Waals surface area contributed by atoms with Gasteiger partial charge in [0.05, 0.1) is 6.10 Å². The summed E-state index contributed by atoms with van der Waals surface area (Å²) in [5.74, 6) is 2.57. The van der Waals surface area contributed by atoms with Crippen molar-refractivity contribution in [3.8, 4) is 0 Å². The Hall–Kier alpha value is -0.863. The maximum absolute atomic E-state index is 6.50. The Balaban J connectivity index is 1.59. The topological polar surface area (TPSA) is 9.23 Å². The highest BCUT2D eigenvalue weighted by molar-refractivity contribution is 6.85. The highest BCUT2D eigenvalue weighted by Crippen LogP contribution is 2.48. The number of rotatable bonds is 2. The van der Waals surface area contributed by atoms with E-state index in [1.807, 2.05) is 0 Å². The Kier molecular flexibility index (Phi) is 2.55. The fraction of sp³-hybridized carbons (Fsp3) is 0.529. The van der Waals surface area contributed by atoms with Crippen molar-refractivity contribution in [2.24, 2.45) is 17.8 Å². The Labute approximate surface area is 116 Å². The summed E-state index contributed by atoms with van der Waals surface area (Å²) in [5, 5.41) is 1.53. The smallest absolute Gasteiger partial charge is 0.219 e. The van der Waals surface area contributed by atoms with Crippen LogP contribution in [0.25, 0.3) is 0 Å². The van der Waals surface area contributed by atoms with Gasteiger partial charge in [0.15, 0.2) is 0 Å². The van der Waals surface area contributed by atoms with Gasteiger partial charge in [0.1, 0.15) is 0 Å². The molecule has 4 unspecified atom stereocenters. The van der Waals surface area contributed by atoms with Crippen LogP contribution in [0.1, 0.15) is 30.9 Å². The first-order valence-electron chi connectivity index (χ1n) is 7.59. The van der Waals surface area contributed by atoms with Crippen LogP contribution < -0.4 is 5.19 Å². The minimum absolute atomic E-state index is 0.371. The quantitative estimate of drug-likeness (QED) is 0.587. The van der Waals surface area contributed by atoms with Gasteiger partial charge < -0.3 is 4.43 Å². The van der Waals surface area contributed by atoms with Crippen LogP contribution in [0.3, 0.4) is 0 Å². The van der Waals surface area contributed by atoms with Crippen LogP contribution in [0.15, 0.2) is 36.4 Å². The number of allylic oxidation sites excluding steroid dienone is 2. The van der Waals surface area contributed by atoms with E-state index in [-0.39, 0.29) is 0 Å². The molecule has 1 aromatic rings. The van der Waals surface area contributed by atoms with E-state index in [1.54, 1.807) is 0 Å². The number of hydrogen-bond donors (Lipinski definition) is 0. The van der Waals surface area contributed by atoms with E-state index in [4.69, 9.17) is 4.43 Å². The minimum Gasteiger partial charge on any atom is -0.406 e. The third-order valence-corrected chi connectivity index (χ3v) is 7.95. The first kappa shape index (κ1) is 11.9. The molecule has 2 aliphatic carbocycles. The molecule has 3 aliphatic rings. The average molecular weight is 270 g/mol. The summed E-state index contributed by atoms with van der Waals surface area (Å²) < 4.78 is 6.50. The lowest BCUT2D eigenvalue weighted by atomic mass is 9.87. The average Bonchev–Trinajstić information content (AvgIpc) is 3.05. The molecule has 19 heavy (non-hydrogen) atoms. The van der Waals surface area contributed by atoms with Gasteiger partial charge in [-0.3, -0.25) is 0 Å². The zero-order valence-corrected chi connectivity index (χ0v) is 12.8. The highest BCUT2D eigenvalue weighted by atomic mass is 28.4. The van der Waals surface area contributed by atoms with Crippen molar-refractivity contribution in [3.05, 3.63) is 42.0 Å². The number of fused-ring (bicyclic) bond motifs is 3. The Bertz CT molecular complexity index is 534. The van der Waals surface area contributed by atoms with Crippen molar-refractivity contribution in [3.63, 3.8) is 0 Å². The second-order valence-corrected chi connectivity index (χ2v) is 10.8. The van der Waals surface area contributed by atoms with Gasteiger partial charge in [0, 0.05) is 0 Å². The molecule has 0 radical (unpaired) electrons. The molecule has 1 fully saturated rings. The van der Waals surface area contributed by atoms with Crippen molar-refractivity contribution >= 4 is 13.5 Å². The monoisotopic (exact) mass is 270 g/mol. The van der Waals surface area contributed by atoms with Crippen LogP contribution in [0.4, 0.5) is 0 Å². The molecular formula is C17H22OSi. The highest BCUT2D eigenvalue weighted by Gasteiger charge is 2.43. The molecule has 0 N–H and O–H groups in total. The van der Waals surface area contributed by atoms with E-state index >= 15 is 0 Å². The molecule has 4 rings (SSSR count). The molecule has 2 heteroatoms. The summed E-state index contributed by atoms with van der Waals surface area (Å²) in [6, 6.07) is 8.93. The van der Waals surface area contributed by atoms with E-state index in [9.17, 15) is 0 Å². The van der Waals surface area contributed by atoms with Gasteiger partial charge in [-0.1, -0.05) is 36.4 Å². The fourth-order valence-electron chi connectivity index (χ4n) is 4.42. The van der Waals surface area contributed by atoms with E-state index in [1.165, 1.54) is 30.0 Å². The van der Waals surface area contributed by atoms with Gasteiger partial charge in [-0.15, -0.1) is 0 Å². The van der Waals surface area contributed by atoms with Crippen LogP contribution >= 0.6 is 0 Å². The zero-order valence-electron chi connectivity index (χ0n) is 11.8. The molecule has 100 valence electrons. The molecule has 1 heterocycles. The van der Waals surface area contributed by atoms with Gasteiger partial charge in [-0.25, -0.2) is 0 Å². The Morgan fingerprint density at radius 2 is 2.00 bits per heavy atom. The molecule has 2 bridgehead atoms. The first-order valence-corrected chi connectivity index (χ1v) is 10.5. The lowest BCUT2D eigenvalue weighted by Gasteiger charge is -2.24. The van der Waals surface area contributed by atoms with Crippen molar-refractivity contribution in [2.45, 2.75) is 38.5 Å². The van der Waals surface area contributed by atoms with Gasteiger partial charge in [0.2, 0.25) is 8.32 Å². The molecule has 0 saturated heterocycles. The lowest BCUT2D eigenvalue weighted by molar-refractivity contribution is 0.168. The standard InChI is InChI=1S/C17H22OSi/c1-19(2)17-6-4-3-5-15(17)16(18-19)11-14-10-12-7-8-13(14)9-12/h3-8,12-14,16H,9-11H2,1-2H3. The van der Waals surface area contributed by atoms with Crippen molar-refractivity contribution in [2.75, 3.05) is 0 Å². The molecule has 0 spiro atoms. The van der Waals surface area contributed by atoms with E-state index in [0.717, 1.165) is 17.8 Å². The van der Waals surface area contributed by atoms with Crippen molar-refractivity contribution in [1.29, 1.82) is 0 Å². The predicted octanol–water partition coefficient (Wildman–Crippen LogP) is 3.77. The van der Waals surface area contributed by atoms with E-state index in [0.29, 0.717) is 6.10 Å². The maximum Gasteiger partial charge on any atom is 0.219 e. The molecule has 1 aliphatic heterocycles. The van der Waals surface area contributed by atoms with Gasteiger partial charge in [-0.05, 0) is 60.9 Å². The summed E-state index contributed by atoms with van der Waals surface area (Å²) in [6.45, 7) is 4.68. The molecule has 1 nitrogen and oxygen atoms in total. The molecule has 1 aromatic carbocycles. The number of benzene rings is 1. The lowest BCUT2D eigenvalue weighted by Crippen LogP contribution is -2.39. The van der Waals surface area contributed by atoms with E-state index < -0.39 is 8.32 Å². The second-order valence-electron chi connectivity index (χ2n) is 6.98. The molecule has 0 amide bonds. The van der Waals surface area contributed by atoms with Crippen LogP contribution in [0, 0.1) is 17.8 Å². The first-order chi connectivity index (χ1) is 9.13. The van der Waals surface area contributed by atoms with Gasteiger partial charge >= 0.3 is 0 Å². The molecule has 4 atom stereocenters. The SMILES string of the molecule is C[Si]1(C)OC(CC2CC3C=CC2C3)c2ccccc21. The predicted molar refractivity (Wildman–Crippen MR) is 80.8 cm³/mol. The Morgan fingerprint density at radius 1 is 1.16 bits per heavy atom. The summed E-state index contributed by atoms with van der Waals surface area (Å²) >= 11 is 0. The summed E-state index contributed by atoms with van der Waals surface area (Å²) in [4.78, 5) is 0. The maximum atomic E-state index is 6.50. The fourth-order valence-corrected chi connectivity index (χ4v) is 6.92. The van der Waals surface area contributed by atoms with Crippen molar-refractivity contribution < 1.29 is 4.43 Å². The zero-order chi connectivity index (χ0) is 13.0.